The van der Waals surface area contributed by atoms with Gasteiger partial charge in [0.2, 0.25) is 5.91 Å². The number of fused-ring (bicyclic) bond motifs is 1. The van der Waals surface area contributed by atoms with E-state index in [0.29, 0.717) is 6.61 Å². The highest BCUT2D eigenvalue weighted by Gasteiger charge is 2.42. The first kappa shape index (κ1) is 20.4. The van der Waals surface area contributed by atoms with Crippen molar-refractivity contribution in [2.45, 2.75) is 57.8 Å². The topological polar surface area (TPSA) is 51.2 Å². The molecule has 1 fully saturated rings. The minimum Gasteiger partial charge on any atom is -0.491 e. The minimum atomic E-state index is -0.461. The lowest BCUT2D eigenvalue weighted by Crippen LogP contribution is -2.38. The van der Waals surface area contributed by atoms with Crippen molar-refractivity contribution in [1.82, 2.24) is 4.98 Å². The number of nitrogens with zero attached hydrogens (tertiary/aromatic N) is 1. The molecule has 4 rings (SSSR count). The molecule has 30 heavy (non-hydrogen) atoms. The van der Waals surface area contributed by atoms with Crippen molar-refractivity contribution >= 4 is 22.5 Å². The summed E-state index contributed by atoms with van der Waals surface area (Å²) in [5, 5.41) is 4.16. The van der Waals surface area contributed by atoms with Gasteiger partial charge in [-0.1, -0.05) is 56.0 Å². The zero-order valence-electron chi connectivity index (χ0n) is 17.9. The molecule has 0 bridgehead atoms. The Balaban J connectivity index is 1.66. The van der Waals surface area contributed by atoms with E-state index in [2.05, 4.69) is 48.4 Å². The summed E-state index contributed by atoms with van der Waals surface area (Å²) in [5.41, 5.74) is 3.44. The molecule has 0 aliphatic heterocycles. The highest BCUT2D eigenvalue weighted by atomic mass is 16.5. The van der Waals surface area contributed by atoms with E-state index in [4.69, 9.17) is 4.74 Å². The fourth-order valence-corrected chi connectivity index (χ4v) is 4.51. The molecule has 0 saturated heterocycles. The molecular weight excluding hydrogens is 372 g/mol. The van der Waals surface area contributed by atoms with Crippen molar-refractivity contribution in [2.24, 2.45) is 0 Å². The third-order valence-electron chi connectivity index (χ3n) is 6.20. The summed E-state index contributed by atoms with van der Waals surface area (Å²) in [7, 11) is 0. The number of amides is 1. The predicted molar refractivity (Wildman–Crippen MR) is 122 cm³/mol. The zero-order chi connectivity index (χ0) is 21.0. The Morgan fingerprint density at radius 2 is 1.97 bits per heavy atom. The summed E-state index contributed by atoms with van der Waals surface area (Å²) in [5.74, 6) is 0.849. The molecule has 156 valence electrons. The van der Waals surface area contributed by atoms with Gasteiger partial charge in [-0.3, -0.25) is 9.78 Å². The van der Waals surface area contributed by atoms with Gasteiger partial charge in [-0.05, 0) is 56.0 Å². The van der Waals surface area contributed by atoms with Gasteiger partial charge < -0.3 is 10.1 Å². The Hall–Kier alpha value is -2.88. The number of ether oxygens (including phenoxy) is 1. The van der Waals surface area contributed by atoms with Gasteiger partial charge in [-0.15, -0.1) is 0 Å². The van der Waals surface area contributed by atoms with Gasteiger partial charge in [-0.25, -0.2) is 0 Å². The van der Waals surface area contributed by atoms with Crippen LogP contribution in [0.5, 0.6) is 5.75 Å². The maximum Gasteiger partial charge on any atom is 0.235 e. The van der Waals surface area contributed by atoms with Crippen LogP contribution >= 0.6 is 0 Å². The van der Waals surface area contributed by atoms with Crippen molar-refractivity contribution in [2.75, 3.05) is 11.9 Å². The van der Waals surface area contributed by atoms with Crippen LogP contribution in [0.1, 0.15) is 56.6 Å². The van der Waals surface area contributed by atoms with E-state index in [0.717, 1.165) is 66.4 Å². The normalized spacial score (nSPS) is 15.3. The Morgan fingerprint density at radius 1 is 1.13 bits per heavy atom. The Labute approximate surface area is 178 Å². The maximum atomic E-state index is 13.6. The predicted octanol–water partition coefficient (Wildman–Crippen LogP) is 6.17. The van der Waals surface area contributed by atoms with Gasteiger partial charge >= 0.3 is 0 Å². The average Bonchev–Trinajstić information content (AvgIpc) is 3.27. The highest BCUT2D eigenvalue weighted by molar-refractivity contribution is 6.06. The third-order valence-corrected chi connectivity index (χ3v) is 6.20. The van der Waals surface area contributed by atoms with Crippen molar-refractivity contribution in [3.8, 4) is 5.75 Å². The largest absolute Gasteiger partial charge is 0.491 e. The van der Waals surface area contributed by atoms with Crippen molar-refractivity contribution in [3.63, 3.8) is 0 Å². The monoisotopic (exact) mass is 402 g/mol. The Bertz CT molecular complexity index is 1040. The average molecular weight is 403 g/mol. The number of rotatable bonds is 7. The molecule has 0 unspecified atom stereocenters. The number of hydrogen-bond donors (Lipinski definition) is 1. The minimum absolute atomic E-state index is 0.0791. The van der Waals surface area contributed by atoms with Crippen LogP contribution in [0.3, 0.4) is 0 Å². The second kappa shape index (κ2) is 8.86. The van der Waals surface area contributed by atoms with E-state index < -0.39 is 5.41 Å². The number of aromatic nitrogens is 1. The lowest BCUT2D eigenvalue weighted by Gasteiger charge is -2.29. The van der Waals surface area contributed by atoms with Crippen LogP contribution in [0, 0.1) is 6.92 Å². The second-order valence-corrected chi connectivity index (χ2v) is 8.33. The van der Waals surface area contributed by atoms with Gasteiger partial charge in [0, 0.05) is 11.6 Å². The molecule has 0 radical (unpaired) electrons. The highest BCUT2D eigenvalue weighted by Crippen LogP contribution is 2.43. The van der Waals surface area contributed by atoms with E-state index >= 15 is 0 Å². The lowest BCUT2D eigenvalue weighted by atomic mass is 9.77. The van der Waals surface area contributed by atoms with Gasteiger partial charge in [-0.2, -0.15) is 0 Å². The van der Waals surface area contributed by atoms with Gasteiger partial charge in [0.05, 0.1) is 17.7 Å². The molecule has 2 aromatic carbocycles. The van der Waals surface area contributed by atoms with Crippen molar-refractivity contribution in [3.05, 3.63) is 65.9 Å². The van der Waals surface area contributed by atoms with Gasteiger partial charge in [0.15, 0.2) is 0 Å². The van der Waals surface area contributed by atoms with Gasteiger partial charge in [0.1, 0.15) is 11.3 Å². The number of unbranched alkanes of at least 4 members (excludes halogenated alkanes) is 1. The Morgan fingerprint density at radius 3 is 2.73 bits per heavy atom. The molecular formula is C26H30N2O2. The molecule has 3 aromatic rings. The quantitative estimate of drug-likeness (QED) is 0.481. The maximum absolute atomic E-state index is 13.6. The summed E-state index contributed by atoms with van der Waals surface area (Å²) in [6.45, 7) is 4.90. The number of benzene rings is 2. The smallest absolute Gasteiger partial charge is 0.235 e. The van der Waals surface area contributed by atoms with Crippen molar-refractivity contribution in [1.29, 1.82) is 0 Å². The van der Waals surface area contributed by atoms with Crippen LogP contribution < -0.4 is 10.1 Å². The molecule has 1 aliphatic rings. The molecule has 1 amide bonds. The molecule has 4 nitrogen and oxygen atoms in total. The summed E-state index contributed by atoms with van der Waals surface area (Å²) in [6, 6.07) is 16.2. The number of anilines is 1. The fourth-order valence-electron chi connectivity index (χ4n) is 4.51. The molecule has 0 spiro atoms. The number of carbonyl (C=O) groups excluding carboxylic acids is 1. The van der Waals surface area contributed by atoms with Crippen LogP contribution in [0.4, 0.5) is 5.69 Å². The summed E-state index contributed by atoms with van der Waals surface area (Å²) < 4.78 is 5.95. The molecule has 1 aliphatic carbocycles. The van der Waals surface area contributed by atoms with Crippen LogP contribution in [0.2, 0.25) is 0 Å². The molecule has 1 aromatic heterocycles. The first-order valence-electron chi connectivity index (χ1n) is 11.0. The fraction of sp³-hybridized carbons (Fsp3) is 0.385. The van der Waals surface area contributed by atoms with Crippen LogP contribution in [-0.4, -0.2) is 17.5 Å². The number of carbonyl (C=O) groups is 1. The van der Waals surface area contributed by atoms with Crippen LogP contribution in [-0.2, 0) is 10.2 Å². The zero-order valence-corrected chi connectivity index (χ0v) is 17.9. The van der Waals surface area contributed by atoms with Crippen LogP contribution in [0.15, 0.2) is 54.7 Å². The SMILES string of the molecule is CCCCOc1ccc(NC(=O)C2(c3cccc(C)c3)CCCC2)c2cccnc12. The summed E-state index contributed by atoms with van der Waals surface area (Å²) in [6.07, 6.45) is 7.79. The lowest BCUT2D eigenvalue weighted by molar-refractivity contribution is -0.121. The van der Waals surface area contributed by atoms with E-state index in [-0.39, 0.29) is 5.91 Å². The van der Waals surface area contributed by atoms with Crippen molar-refractivity contribution < 1.29 is 9.53 Å². The molecule has 1 heterocycles. The molecule has 0 atom stereocenters. The van der Waals surface area contributed by atoms with E-state index in [1.54, 1.807) is 6.20 Å². The standard InChI is InChI=1S/C26H30N2O2/c1-3-4-17-30-23-13-12-22(21-11-8-16-27-24(21)23)28-25(29)26(14-5-6-15-26)20-10-7-9-19(2)18-20/h7-13,16,18H,3-6,14-15,17H2,1-2H3,(H,28,29). The van der Waals surface area contributed by atoms with Gasteiger partial charge in [0.25, 0.3) is 0 Å². The Kier molecular flexibility index (Phi) is 6.03. The van der Waals surface area contributed by atoms with E-state index in [1.807, 2.05) is 24.3 Å². The number of pyridine rings is 1. The first-order chi connectivity index (χ1) is 14.6. The van der Waals surface area contributed by atoms with E-state index in [9.17, 15) is 4.79 Å². The van der Waals surface area contributed by atoms with Crippen LogP contribution in [0.25, 0.3) is 10.9 Å². The molecule has 4 heteroatoms. The molecule has 1 N–H and O–H groups in total. The third kappa shape index (κ3) is 3.91. The number of hydrogen-bond acceptors (Lipinski definition) is 3. The van der Waals surface area contributed by atoms with E-state index in [1.165, 1.54) is 5.56 Å². The summed E-state index contributed by atoms with van der Waals surface area (Å²) in [4.78, 5) is 18.2. The second-order valence-electron chi connectivity index (χ2n) is 8.33. The summed E-state index contributed by atoms with van der Waals surface area (Å²) >= 11 is 0. The first-order valence-corrected chi connectivity index (χ1v) is 11.0. The number of aryl methyl sites for hydroxylation is 1. The molecule has 1 saturated carbocycles. The number of nitrogens with one attached hydrogen (secondary N) is 1.